The monoisotopic (exact) mass is 375 g/mol. The molecule has 2 fully saturated rings. The molecule has 1 aromatic carbocycles. The summed E-state index contributed by atoms with van der Waals surface area (Å²) in [6, 6.07) is 7.60. The van der Waals surface area contributed by atoms with E-state index in [4.69, 9.17) is 0 Å². The van der Waals surface area contributed by atoms with Crippen LogP contribution in [0.2, 0.25) is 0 Å². The van der Waals surface area contributed by atoms with E-state index in [0.29, 0.717) is 11.1 Å². The minimum atomic E-state index is -0.243. The van der Waals surface area contributed by atoms with E-state index in [9.17, 15) is 9.59 Å². The van der Waals surface area contributed by atoms with Gasteiger partial charge in [-0.15, -0.1) is 0 Å². The fraction of sp³-hybridized carbons (Fsp3) is 0.412. The summed E-state index contributed by atoms with van der Waals surface area (Å²) in [6.45, 7) is 1.79. The van der Waals surface area contributed by atoms with Crippen LogP contribution in [0.3, 0.4) is 0 Å². The van der Waals surface area contributed by atoms with Gasteiger partial charge < -0.3 is 15.2 Å². The van der Waals surface area contributed by atoms with Crippen LogP contribution in [0, 0.1) is 0 Å². The Morgan fingerprint density at radius 3 is 2.91 bits per heavy atom. The molecule has 2 aliphatic rings. The van der Waals surface area contributed by atoms with Crippen LogP contribution in [0.15, 0.2) is 33.5 Å². The SMILES string of the molecule is O=C(c1cc(=O)[nH]c2c(Br)cccc12)N1C2CCNCC1CC2. The fourth-order valence-electron chi connectivity index (χ4n) is 3.87. The number of carbonyl (C=O) groups is 1. The molecule has 2 bridgehead atoms. The number of carbonyl (C=O) groups excluding carboxylic acids is 1. The summed E-state index contributed by atoms with van der Waals surface area (Å²) >= 11 is 3.45. The molecule has 2 unspecified atom stereocenters. The molecule has 1 amide bonds. The molecule has 2 atom stereocenters. The van der Waals surface area contributed by atoms with Crippen molar-refractivity contribution in [3.63, 3.8) is 0 Å². The minimum absolute atomic E-state index is 0.0181. The molecule has 6 heteroatoms. The molecule has 2 saturated heterocycles. The summed E-state index contributed by atoms with van der Waals surface area (Å²) in [5, 5.41) is 4.20. The third-order valence-electron chi connectivity index (χ3n) is 4.95. The Bertz CT molecular complexity index is 818. The lowest BCUT2D eigenvalue weighted by Gasteiger charge is -2.28. The van der Waals surface area contributed by atoms with Gasteiger partial charge in [-0.3, -0.25) is 9.59 Å². The van der Waals surface area contributed by atoms with E-state index in [-0.39, 0.29) is 23.6 Å². The van der Waals surface area contributed by atoms with Crippen LogP contribution in [-0.4, -0.2) is 41.0 Å². The molecule has 23 heavy (non-hydrogen) atoms. The number of H-pyrrole nitrogens is 1. The lowest BCUT2D eigenvalue weighted by atomic mass is 10.1. The second-order valence-corrected chi connectivity index (χ2v) is 7.15. The van der Waals surface area contributed by atoms with E-state index >= 15 is 0 Å². The van der Waals surface area contributed by atoms with Gasteiger partial charge in [0.2, 0.25) is 5.56 Å². The molecule has 4 rings (SSSR count). The van der Waals surface area contributed by atoms with E-state index in [0.717, 1.165) is 42.2 Å². The molecule has 2 aliphatic heterocycles. The van der Waals surface area contributed by atoms with E-state index in [1.807, 2.05) is 23.1 Å². The van der Waals surface area contributed by atoms with Gasteiger partial charge in [0.15, 0.2) is 0 Å². The lowest BCUT2D eigenvalue weighted by molar-refractivity contribution is 0.0682. The molecule has 0 saturated carbocycles. The van der Waals surface area contributed by atoms with Crippen molar-refractivity contribution in [2.45, 2.75) is 31.3 Å². The second-order valence-electron chi connectivity index (χ2n) is 6.30. The van der Waals surface area contributed by atoms with Gasteiger partial charge in [-0.25, -0.2) is 0 Å². The first-order valence-corrected chi connectivity index (χ1v) is 8.79. The molecule has 2 N–H and O–H groups in total. The van der Waals surface area contributed by atoms with Crippen LogP contribution in [0.25, 0.3) is 10.9 Å². The highest BCUT2D eigenvalue weighted by atomic mass is 79.9. The highest BCUT2D eigenvalue weighted by Gasteiger charge is 2.38. The summed E-state index contributed by atoms with van der Waals surface area (Å²) < 4.78 is 0.794. The quantitative estimate of drug-likeness (QED) is 0.803. The Labute approximate surface area is 142 Å². The number of aromatic amines is 1. The van der Waals surface area contributed by atoms with Crippen LogP contribution in [0.1, 0.15) is 29.6 Å². The Kier molecular flexibility index (Phi) is 3.73. The maximum absolute atomic E-state index is 13.2. The van der Waals surface area contributed by atoms with Gasteiger partial charge in [-0.1, -0.05) is 12.1 Å². The maximum atomic E-state index is 13.2. The van der Waals surface area contributed by atoms with Crippen LogP contribution < -0.4 is 10.9 Å². The second kappa shape index (κ2) is 5.76. The Balaban J connectivity index is 1.84. The third-order valence-corrected chi connectivity index (χ3v) is 5.61. The maximum Gasteiger partial charge on any atom is 0.255 e. The number of hydrogen-bond acceptors (Lipinski definition) is 3. The lowest BCUT2D eigenvalue weighted by Crippen LogP contribution is -2.42. The molecule has 3 heterocycles. The highest BCUT2D eigenvalue weighted by molar-refractivity contribution is 9.10. The zero-order valence-corrected chi connectivity index (χ0v) is 14.2. The van der Waals surface area contributed by atoms with E-state index in [1.54, 1.807) is 0 Å². The molecule has 0 aliphatic carbocycles. The van der Waals surface area contributed by atoms with Crippen molar-refractivity contribution in [2.24, 2.45) is 0 Å². The Morgan fingerprint density at radius 1 is 1.22 bits per heavy atom. The number of aromatic nitrogens is 1. The number of benzene rings is 1. The van der Waals surface area contributed by atoms with Crippen LogP contribution in [0.4, 0.5) is 0 Å². The number of fused-ring (bicyclic) bond motifs is 3. The molecule has 120 valence electrons. The molecule has 0 radical (unpaired) electrons. The zero-order chi connectivity index (χ0) is 16.0. The van der Waals surface area contributed by atoms with Crippen LogP contribution >= 0.6 is 15.9 Å². The van der Waals surface area contributed by atoms with E-state index in [1.165, 1.54) is 6.07 Å². The van der Waals surface area contributed by atoms with Gasteiger partial charge in [0, 0.05) is 34.6 Å². The number of amides is 1. The van der Waals surface area contributed by atoms with Gasteiger partial charge in [0.1, 0.15) is 0 Å². The summed E-state index contributed by atoms with van der Waals surface area (Å²) in [6.07, 6.45) is 3.07. The van der Waals surface area contributed by atoms with Crippen molar-refractivity contribution < 1.29 is 4.79 Å². The topological polar surface area (TPSA) is 65.2 Å². The molecular weight excluding hydrogens is 358 g/mol. The van der Waals surface area contributed by atoms with Gasteiger partial charge in [-0.05, 0) is 47.8 Å². The number of halogens is 1. The van der Waals surface area contributed by atoms with Crippen molar-refractivity contribution in [3.05, 3.63) is 44.7 Å². The molecular formula is C17H18BrN3O2. The van der Waals surface area contributed by atoms with Crippen molar-refractivity contribution in [3.8, 4) is 0 Å². The van der Waals surface area contributed by atoms with Crippen molar-refractivity contribution in [2.75, 3.05) is 13.1 Å². The highest BCUT2D eigenvalue weighted by Crippen LogP contribution is 2.31. The van der Waals surface area contributed by atoms with Gasteiger partial charge in [-0.2, -0.15) is 0 Å². The standard InChI is InChI=1S/C17H18BrN3O2/c18-14-3-1-2-12-13(8-15(22)20-16(12)14)17(23)21-10-4-5-11(21)9-19-7-6-10/h1-3,8,10-11,19H,4-7,9H2,(H,20,22). The Hall–Kier alpha value is -1.66. The average molecular weight is 376 g/mol. The molecule has 2 aromatic rings. The number of nitrogens with one attached hydrogen (secondary N) is 2. The van der Waals surface area contributed by atoms with E-state index in [2.05, 4.69) is 26.2 Å². The van der Waals surface area contributed by atoms with Crippen LogP contribution in [-0.2, 0) is 0 Å². The number of rotatable bonds is 1. The van der Waals surface area contributed by atoms with Crippen molar-refractivity contribution in [1.82, 2.24) is 15.2 Å². The summed E-state index contributed by atoms with van der Waals surface area (Å²) in [4.78, 5) is 30.1. The normalized spacial score (nSPS) is 24.0. The average Bonchev–Trinajstić information content (AvgIpc) is 2.80. The molecule has 0 spiro atoms. The summed E-state index contributed by atoms with van der Waals surface area (Å²) in [5.41, 5.74) is 0.945. The summed E-state index contributed by atoms with van der Waals surface area (Å²) in [5.74, 6) is -0.0181. The molecule has 5 nitrogen and oxygen atoms in total. The van der Waals surface area contributed by atoms with Crippen LogP contribution in [0.5, 0.6) is 0 Å². The molecule has 1 aromatic heterocycles. The van der Waals surface area contributed by atoms with E-state index < -0.39 is 0 Å². The number of pyridine rings is 1. The minimum Gasteiger partial charge on any atom is -0.331 e. The Morgan fingerprint density at radius 2 is 2.04 bits per heavy atom. The number of hydrogen-bond donors (Lipinski definition) is 2. The first-order chi connectivity index (χ1) is 11.1. The van der Waals surface area contributed by atoms with Gasteiger partial charge >= 0.3 is 0 Å². The van der Waals surface area contributed by atoms with Crippen molar-refractivity contribution in [1.29, 1.82) is 0 Å². The fourth-order valence-corrected chi connectivity index (χ4v) is 4.34. The number of para-hydroxylation sites is 1. The first-order valence-electron chi connectivity index (χ1n) is 8.00. The smallest absolute Gasteiger partial charge is 0.255 e. The predicted molar refractivity (Wildman–Crippen MR) is 92.7 cm³/mol. The van der Waals surface area contributed by atoms with Gasteiger partial charge in [0.25, 0.3) is 5.91 Å². The zero-order valence-electron chi connectivity index (χ0n) is 12.6. The third kappa shape index (κ3) is 2.50. The largest absolute Gasteiger partial charge is 0.331 e. The summed E-state index contributed by atoms with van der Waals surface area (Å²) in [7, 11) is 0. The first kappa shape index (κ1) is 14.9. The number of nitrogens with zero attached hydrogens (tertiary/aromatic N) is 1. The van der Waals surface area contributed by atoms with Crippen molar-refractivity contribution >= 4 is 32.7 Å². The van der Waals surface area contributed by atoms with Gasteiger partial charge in [0.05, 0.1) is 11.1 Å². The predicted octanol–water partition coefficient (Wildman–Crippen LogP) is 2.26.